The molecule has 0 aliphatic heterocycles. The molecule has 0 bridgehead atoms. The van der Waals surface area contributed by atoms with Crippen molar-refractivity contribution in [3.63, 3.8) is 0 Å². The largest absolute Gasteiger partial charge is 0.385 e. The molecule has 1 heterocycles. The van der Waals surface area contributed by atoms with Gasteiger partial charge >= 0.3 is 0 Å². The third kappa shape index (κ3) is 1.92. The van der Waals surface area contributed by atoms with Crippen molar-refractivity contribution in [3.05, 3.63) is 30.5 Å². The molecule has 0 radical (unpaired) electrons. The van der Waals surface area contributed by atoms with Crippen LogP contribution in [0, 0.1) is 5.92 Å². The van der Waals surface area contributed by atoms with Crippen LogP contribution in [0.1, 0.15) is 25.7 Å². The molecule has 0 atom stereocenters. The highest BCUT2D eigenvalue weighted by atomic mass is 14.9. The van der Waals surface area contributed by atoms with Crippen LogP contribution >= 0.6 is 0 Å². The van der Waals surface area contributed by atoms with Crippen molar-refractivity contribution in [1.82, 2.24) is 4.98 Å². The fourth-order valence-corrected chi connectivity index (χ4v) is 2.64. The van der Waals surface area contributed by atoms with Gasteiger partial charge < -0.3 is 10.3 Å². The van der Waals surface area contributed by atoms with Gasteiger partial charge in [-0.1, -0.05) is 12.8 Å². The predicted molar refractivity (Wildman–Crippen MR) is 68.7 cm³/mol. The van der Waals surface area contributed by atoms with Crippen molar-refractivity contribution >= 4 is 16.6 Å². The molecule has 1 fully saturated rings. The molecule has 2 aromatic rings. The summed E-state index contributed by atoms with van der Waals surface area (Å²) in [7, 11) is 0. The van der Waals surface area contributed by atoms with Crippen LogP contribution in [0.5, 0.6) is 0 Å². The molecular formula is C14H18N2. The summed E-state index contributed by atoms with van der Waals surface area (Å²) in [5.41, 5.74) is 2.46. The van der Waals surface area contributed by atoms with E-state index < -0.39 is 0 Å². The van der Waals surface area contributed by atoms with Crippen LogP contribution in [-0.4, -0.2) is 11.5 Å². The molecule has 0 saturated heterocycles. The van der Waals surface area contributed by atoms with Gasteiger partial charge in [0, 0.05) is 29.3 Å². The molecule has 3 rings (SSSR count). The molecule has 1 aliphatic rings. The van der Waals surface area contributed by atoms with Crippen LogP contribution in [0.3, 0.4) is 0 Å². The maximum absolute atomic E-state index is 3.55. The smallest absolute Gasteiger partial charge is 0.0455 e. The van der Waals surface area contributed by atoms with E-state index in [0.717, 1.165) is 12.5 Å². The van der Waals surface area contributed by atoms with E-state index in [1.165, 1.54) is 42.3 Å². The SMILES string of the molecule is c1cc2cc(NCC3CCCC3)ccc2[nH]1. The zero-order valence-corrected chi connectivity index (χ0v) is 9.50. The van der Waals surface area contributed by atoms with Crippen LogP contribution in [0.2, 0.25) is 0 Å². The van der Waals surface area contributed by atoms with Gasteiger partial charge in [-0.2, -0.15) is 0 Å². The molecule has 2 nitrogen and oxygen atoms in total. The molecule has 1 aliphatic carbocycles. The Balaban J connectivity index is 1.68. The van der Waals surface area contributed by atoms with Crippen molar-refractivity contribution < 1.29 is 0 Å². The van der Waals surface area contributed by atoms with Crippen LogP contribution < -0.4 is 5.32 Å². The fourth-order valence-electron chi connectivity index (χ4n) is 2.64. The Morgan fingerprint density at radius 1 is 1.19 bits per heavy atom. The molecule has 1 saturated carbocycles. The maximum atomic E-state index is 3.55. The van der Waals surface area contributed by atoms with Crippen LogP contribution in [0.15, 0.2) is 30.5 Å². The summed E-state index contributed by atoms with van der Waals surface area (Å²) in [6.45, 7) is 1.13. The number of rotatable bonds is 3. The number of hydrogen-bond donors (Lipinski definition) is 2. The Morgan fingerprint density at radius 2 is 2.06 bits per heavy atom. The highest BCUT2D eigenvalue weighted by Gasteiger charge is 2.14. The zero-order chi connectivity index (χ0) is 10.8. The summed E-state index contributed by atoms with van der Waals surface area (Å²) in [5.74, 6) is 0.891. The van der Waals surface area contributed by atoms with Crippen molar-refractivity contribution in [3.8, 4) is 0 Å². The minimum Gasteiger partial charge on any atom is -0.385 e. The second kappa shape index (κ2) is 4.20. The molecule has 2 heteroatoms. The lowest BCUT2D eigenvalue weighted by molar-refractivity contribution is 0.580. The molecular weight excluding hydrogens is 196 g/mol. The molecule has 0 unspecified atom stereocenters. The number of fused-ring (bicyclic) bond motifs is 1. The van der Waals surface area contributed by atoms with E-state index >= 15 is 0 Å². The quantitative estimate of drug-likeness (QED) is 0.799. The van der Waals surface area contributed by atoms with Gasteiger partial charge in [0.05, 0.1) is 0 Å². The Morgan fingerprint density at radius 3 is 2.94 bits per heavy atom. The van der Waals surface area contributed by atoms with Crippen LogP contribution in [0.4, 0.5) is 5.69 Å². The topological polar surface area (TPSA) is 27.8 Å². The van der Waals surface area contributed by atoms with Gasteiger partial charge in [-0.25, -0.2) is 0 Å². The van der Waals surface area contributed by atoms with Gasteiger partial charge in [0.2, 0.25) is 0 Å². The lowest BCUT2D eigenvalue weighted by Gasteiger charge is -2.11. The van der Waals surface area contributed by atoms with E-state index in [2.05, 4.69) is 34.6 Å². The first kappa shape index (κ1) is 9.76. The van der Waals surface area contributed by atoms with Crippen molar-refractivity contribution in [2.75, 3.05) is 11.9 Å². The normalized spacial score (nSPS) is 17.0. The molecule has 84 valence electrons. The van der Waals surface area contributed by atoms with Gasteiger partial charge in [0.1, 0.15) is 0 Å². The average Bonchev–Trinajstić information content (AvgIpc) is 2.97. The molecule has 2 N–H and O–H groups in total. The van der Waals surface area contributed by atoms with Gasteiger partial charge in [-0.3, -0.25) is 0 Å². The first-order valence-electron chi connectivity index (χ1n) is 6.23. The lowest BCUT2D eigenvalue weighted by atomic mass is 10.1. The molecule has 0 spiro atoms. The van der Waals surface area contributed by atoms with Gasteiger partial charge in [0.15, 0.2) is 0 Å². The number of H-pyrrole nitrogens is 1. The number of anilines is 1. The van der Waals surface area contributed by atoms with E-state index in [4.69, 9.17) is 0 Å². The minimum absolute atomic E-state index is 0.891. The number of hydrogen-bond acceptors (Lipinski definition) is 1. The Labute approximate surface area is 96.1 Å². The Kier molecular flexibility index (Phi) is 2.56. The third-order valence-corrected chi connectivity index (χ3v) is 3.62. The van der Waals surface area contributed by atoms with Crippen molar-refractivity contribution in [2.24, 2.45) is 5.92 Å². The van der Waals surface area contributed by atoms with Gasteiger partial charge in [-0.15, -0.1) is 0 Å². The number of aromatic nitrogens is 1. The second-order valence-electron chi connectivity index (χ2n) is 4.81. The van der Waals surface area contributed by atoms with E-state index in [9.17, 15) is 0 Å². The monoisotopic (exact) mass is 214 g/mol. The Bertz CT molecular complexity index is 466. The van der Waals surface area contributed by atoms with Gasteiger partial charge in [-0.05, 0) is 43.0 Å². The molecule has 1 aromatic carbocycles. The first-order valence-corrected chi connectivity index (χ1v) is 6.23. The molecule has 16 heavy (non-hydrogen) atoms. The maximum Gasteiger partial charge on any atom is 0.0455 e. The number of aromatic amines is 1. The number of nitrogens with one attached hydrogen (secondary N) is 2. The summed E-state index contributed by atoms with van der Waals surface area (Å²) >= 11 is 0. The van der Waals surface area contributed by atoms with E-state index in [0.29, 0.717) is 0 Å². The fraction of sp³-hybridized carbons (Fsp3) is 0.429. The van der Waals surface area contributed by atoms with E-state index in [1.54, 1.807) is 0 Å². The summed E-state index contributed by atoms with van der Waals surface area (Å²) in [5, 5.41) is 4.84. The summed E-state index contributed by atoms with van der Waals surface area (Å²) in [6.07, 6.45) is 7.64. The van der Waals surface area contributed by atoms with E-state index in [-0.39, 0.29) is 0 Å². The lowest BCUT2D eigenvalue weighted by Crippen LogP contribution is -2.10. The van der Waals surface area contributed by atoms with Crippen molar-refractivity contribution in [2.45, 2.75) is 25.7 Å². The zero-order valence-electron chi connectivity index (χ0n) is 9.50. The second-order valence-corrected chi connectivity index (χ2v) is 4.81. The standard InChI is InChI=1S/C14H18N2/c1-2-4-11(3-1)10-16-13-5-6-14-12(9-13)7-8-15-14/h5-9,11,15-16H,1-4,10H2. The number of benzene rings is 1. The predicted octanol–water partition coefficient (Wildman–Crippen LogP) is 3.77. The molecule has 0 amide bonds. The summed E-state index contributed by atoms with van der Waals surface area (Å²) < 4.78 is 0. The first-order chi connectivity index (χ1) is 7.92. The summed E-state index contributed by atoms with van der Waals surface area (Å²) in [4.78, 5) is 3.22. The van der Waals surface area contributed by atoms with Crippen molar-refractivity contribution in [1.29, 1.82) is 0 Å². The highest BCUT2D eigenvalue weighted by molar-refractivity contribution is 5.82. The average molecular weight is 214 g/mol. The van der Waals surface area contributed by atoms with E-state index in [1.807, 2.05) is 6.20 Å². The van der Waals surface area contributed by atoms with Crippen LogP contribution in [-0.2, 0) is 0 Å². The van der Waals surface area contributed by atoms with Crippen LogP contribution in [0.25, 0.3) is 10.9 Å². The minimum atomic E-state index is 0.891. The summed E-state index contributed by atoms with van der Waals surface area (Å²) in [6, 6.07) is 8.65. The Hall–Kier alpha value is -1.44. The third-order valence-electron chi connectivity index (χ3n) is 3.62. The van der Waals surface area contributed by atoms with Gasteiger partial charge in [0.25, 0.3) is 0 Å². The highest BCUT2D eigenvalue weighted by Crippen LogP contribution is 2.25. The molecule has 1 aromatic heterocycles.